The molecule has 0 aromatic carbocycles. The second-order valence-electron chi connectivity index (χ2n) is 6.15. The number of aliphatic hydroxyl groups is 1. The number of hydrogen-bond acceptors (Lipinski definition) is 4. The number of hydrogen-bond donors (Lipinski definition) is 2. The van der Waals surface area contributed by atoms with Crippen LogP contribution in [0, 0.1) is 0 Å². The van der Waals surface area contributed by atoms with Crippen molar-refractivity contribution < 1.29 is 14.6 Å². The van der Waals surface area contributed by atoms with E-state index in [0.717, 1.165) is 45.0 Å². The fourth-order valence-electron chi connectivity index (χ4n) is 3.03. The zero-order chi connectivity index (χ0) is 15.8. The Bertz CT molecular complexity index is 354. The summed E-state index contributed by atoms with van der Waals surface area (Å²) in [6.07, 6.45) is 3.79. The van der Waals surface area contributed by atoms with E-state index in [1.54, 1.807) is 0 Å². The third-order valence-corrected chi connectivity index (χ3v) is 4.43. The first-order chi connectivity index (χ1) is 10.7. The summed E-state index contributed by atoms with van der Waals surface area (Å²) in [5.41, 5.74) is -0.706. The van der Waals surface area contributed by atoms with E-state index in [4.69, 9.17) is 9.47 Å². The lowest BCUT2D eigenvalue weighted by atomic mass is 9.95. The Morgan fingerprint density at radius 2 is 1.96 bits per heavy atom. The van der Waals surface area contributed by atoms with Gasteiger partial charge in [0.1, 0.15) is 0 Å². The summed E-state index contributed by atoms with van der Waals surface area (Å²) >= 11 is 0. The van der Waals surface area contributed by atoms with Crippen molar-refractivity contribution in [2.75, 3.05) is 46.0 Å². The molecule has 0 saturated carbocycles. The Labute approximate surface area is 157 Å². The molecule has 2 aliphatic rings. The largest absolute Gasteiger partial charge is 0.388 e. The molecule has 0 spiro atoms. The Morgan fingerprint density at radius 1 is 1.30 bits per heavy atom. The minimum atomic E-state index is -0.706. The molecule has 6 nitrogen and oxygen atoms in total. The maximum Gasteiger partial charge on any atom is 0.194 e. The van der Waals surface area contributed by atoms with Gasteiger partial charge in [0, 0.05) is 52.3 Å². The van der Waals surface area contributed by atoms with Crippen LogP contribution in [0.2, 0.25) is 0 Å². The first-order valence-corrected chi connectivity index (χ1v) is 8.62. The van der Waals surface area contributed by atoms with Crippen molar-refractivity contribution in [1.82, 2.24) is 10.2 Å². The minimum absolute atomic E-state index is 0. The summed E-state index contributed by atoms with van der Waals surface area (Å²) in [5.74, 6) is 0.914. The fourth-order valence-corrected chi connectivity index (χ4v) is 3.03. The average molecular weight is 441 g/mol. The number of nitrogens with zero attached hydrogens (tertiary/aromatic N) is 2. The zero-order valence-electron chi connectivity index (χ0n) is 14.4. The molecule has 0 unspecified atom stereocenters. The van der Waals surface area contributed by atoms with Crippen molar-refractivity contribution in [3.05, 3.63) is 0 Å². The van der Waals surface area contributed by atoms with Crippen molar-refractivity contribution in [2.45, 2.75) is 51.2 Å². The third-order valence-electron chi connectivity index (χ3n) is 4.43. The van der Waals surface area contributed by atoms with Crippen LogP contribution in [0.25, 0.3) is 0 Å². The Morgan fingerprint density at radius 3 is 2.52 bits per heavy atom. The number of nitrogens with one attached hydrogen (secondary N) is 1. The number of aliphatic imine (C=N–C) groups is 1. The van der Waals surface area contributed by atoms with Gasteiger partial charge in [-0.15, -0.1) is 24.0 Å². The van der Waals surface area contributed by atoms with Crippen LogP contribution in [-0.2, 0) is 9.47 Å². The van der Waals surface area contributed by atoms with E-state index in [1.165, 1.54) is 0 Å². The zero-order valence-corrected chi connectivity index (χ0v) is 16.8. The van der Waals surface area contributed by atoms with Crippen molar-refractivity contribution in [2.24, 2.45) is 4.99 Å². The van der Waals surface area contributed by atoms with Crippen LogP contribution < -0.4 is 5.32 Å². The van der Waals surface area contributed by atoms with Crippen LogP contribution in [-0.4, -0.2) is 73.7 Å². The second-order valence-corrected chi connectivity index (χ2v) is 6.15. The van der Waals surface area contributed by atoms with Crippen LogP contribution in [0.1, 0.15) is 39.5 Å². The predicted octanol–water partition coefficient (Wildman–Crippen LogP) is 1.61. The normalized spacial score (nSPS) is 22.6. The second kappa shape index (κ2) is 10.7. The van der Waals surface area contributed by atoms with E-state index in [2.05, 4.69) is 22.1 Å². The lowest BCUT2D eigenvalue weighted by Gasteiger charge is -2.35. The van der Waals surface area contributed by atoms with Crippen LogP contribution in [0.3, 0.4) is 0 Å². The molecule has 0 aromatic rings. The Kier molecular flexibility index (Phi) is 9.72. The van der Waals surface area contributed by atoms with Gasteiger partial charge in [0.15, 0.2) is 5.96 Å². The van der Waals surface area contributed by atoms with Gasteiger partial charge in [0.2, 0.25) is 0 Å². The third kappa shape index (κ3) is 6.72. The molecule has 23 heavy (non-hydrogen) atoms. The van der Waals surface area contributed by atoms with Gasteiger partial charge in [-0.2, -0.15) is 0 Å². The molecule has 2 saturated heterocycles. The summed E-state index contributed by atoms with van der Waals surface area (Å²) in [6.45, 7) is 9.36. The monoisotopic (exact) mass is 441 g/mol. The van der Waals surface area contributed by atoms with Crippen molar-refractivity contribution in [1.29, 1.82) is 0 Å². The van der Waals surface area contributed by atoms with Gasteiger partial charge in [0.05, 0.1) is 18.2 Å². The lowest BCUT2D eigenvalue weighted by Crippen LogP contribution is -2.48. The fraction of sp³-hybridized carbons (Fsp3) is 0.938. The van der Waals surface area contributed by atoms with Gasteiger partial charge in [-0.25, -0.2) is 0 Å². The molecule has 2 N–H and O–H groups in total. The Balaban J connectivity index is 0.00000264. The van der Waals surface area contributed by atoms with Crippen molar-refractivity contribution in [3.63, 3.8) is 0 Å². The first-order valence-electron chi connectivity index (χ1n) is 8.62. The van der Waals surface area contributed by atoms with Crippen molar-refractivity contribution >= 4 is 29.9 Å². The summed E-state index contributed by atoms with van der Waals surface area (Å²) in [7, 11) is 0. The van der Waals surface area contributed by atoms with Gasteiger partial charge >= 0.3 is 0 Å². The minimum Gasteiger partial charge on any atom is -0.388 e. The van der Waals surface area contributed by atoms with Crippen LogP contribution in [0.5, 0.6) is 0 Å². The van der Waals surface area contributed by atoms with Crippen LogP contribution in [0.15, 0.2) is 4.99 Å². The number of rotatable bonds is 5. The van der Waals surface area contributed by atoms with E-state index in [9.17, 15) is 5.11 Å². The molecule has 2 heterocycles. The summed E-state index contributed by atoms with van der Waals surface area (Å²) in [5, 5.41) is 13.9. The van der Waals surface area contributed by atoms with Gasteiger partial charge < -0.3 is 24.8 Å². The summed E-state index contributed by atoms with van der Waals surface area (Å²) < 4.78 is 11.0. The summed E-state index contributed by atoms with van der Waals surface area (Å²) in [6, 6.07) is 0. The molecule has 0 amide bonds. The number of likely N-dealkylation sites (tertiary alicyclic amines) is 1. The highest BCUT2D eigenvalue weighted by molar-refractivity contribution is 14.0. The first kappa shape index (κ1) is 20.9. The number of guanidine groups is 1. The molecule has 7 heteroatoms. The highest BCUT2D eigenvalue weighted by Crippen LogP contribution is 2.21. The molecule has 0 radical (unpaired) electrons. The molecule has 2 aliphatic heterocycles. The molecule has 136 valence electrons. The Hall–Kier alpha value is -0.120. The molecular formula is C16H32IN3O3. The molecule has 0 aliphatic carbocycles. The maximum absolute atomic E-state index is 10.5. The molecule has 2 fully saturated rings. The molecule has 0 atom stereocenters. The number of halogens is 1. The molecule has 2 rings (SSSR count). The van der Waals surface area contributed by atoms with E-state index in [0.29, 0.717) is 38.7 Å². The SMILES string of the molecule is CCNC(=NCC1(O)CCOCC1)N1CCC(OCC)CC1.I. The van der Waals surface area contributed by atoms with Gasteiger partial charge in [-0.05, 0) is 26.7 Å². The highest BCUT2D eigenvalue weighted by atomic mass is 127. The van der Waals surface area contributed by atoms with Crippen molar-refractivity contribution in [3.8, 4) is 0 Å². The predicted molar refractivity (Wildman–Crippen MR) is 103 cm³/mol. The molecular weight excluding hydrogens is 409 g/mol. The quantitative estimate of drug-likeness (QED) is 0.386. The maximum atomic E-state index is 10.5. The van der Waals surface area contributed by atoms with E-state index in [1.807, 2.05) is 6.92 Å². The smallest absolute Gasteiger partial charge is 0.194 e. The van der Waals surface area contributed by atoms with Crippen LogP contribution in [0.4, 0.5) is 0 Å². The number of piperidine rings is 1. The highest BCUT2D eigenvalue weighted by Gasteiger charge is 2.30. The summed E-state index contributed by atoms with van der Waals surface area (Å²) in [4.78, 5) is 6.97. The lowest BCUT2D eigenvalue weighted by molar-refractivity contribution is -0.0567. The molecule has 0 aromatic heterocycles. The van der Waals surface area contributed by atoms with E-state index >= 15 is 0 Å². The van der Waals surface area contributed by atoms with Gasteiger partial charge in [0.25, 0.3) is 0 Å². The van der Waals surface area contributed by atoms with Gasteiger partial charge in [-0.1, -0.05) is 0 Å². The number of ether oxygens (including phenoxy) is 2. The van der Waals surface area contributed by atoms with E-state index in [-0.39, 0.29) is 24.0 Å². The standard InChI is InChI=1S/C16H31N3O3.HI/c1-3-17-15(18-13-16(20)7-11-21-12-8-16)19-9-5-14(6-10-19)22-4-2;/h14,20H,3-13H2,1-2H3,(H,17,18);1H. The topological polar surface area (TPSA) is 66.3 Å². The average Bonchev–Trinajstić information content (AvgIpc) is 2.53. The van der Waals surface area contributed by atoms with E-state index < -0.39 is 5.60 Å². The van der Waals surface area contributed by atoms with Crippen LogP contribution >= 0.6 is 24.0 Å². The van der Waals surface area contributed by atoms with Gasteiger partial charge in [-0.3, -0.25) is 4.99 Å². The molecule has 0 bridgehead atoms.